The van der Waals surface area contributed by atoms with Gasteiger partial charge < -0.3 is 20.2 Å². The lowest BCUT2D eigenvalue weighted by Gasteiger charge is -2.07. The van der Waals surface area contributed by atoms with Gasteiger partial charge in [0.15, 0.2) is 5.76 Å². The number of carbonyl (C=O) groups is 2. The Kier molecular flexibility index (Phi) is 6.05. The number of nitrogens with two attached hydrogens (primary N) is 1. The van der Waals surface area contributed by atoms with Crippen molar-refractivity contribution in [3.05, 3.63) is 75.9 Å². The minimum atomic E-state index is -2.79. The second-order valence-electron chi connectivity index (χ2n) is 6.98. The van der Waals surface area contributed by atoms with Crippen LogP contribution in [0.25, 0.3) is 10.2 Å². The Morgan fingerprint density at radius 3 is 2.61 bits per heavy atom. The van der Waals surface area contributed by atoms with Crippen LogP contribution >= 0.6 is 11.3 Å². The Hall–Kier alpha value is -3.86. The Bertz CT molecular complexity index is 1350. The SMILES string of the molecule is Cc1cc(C(F)F)nc2sc(C(N)=O)c(NC(=O)c3ccc(COc4ccc(F)cc4)o3)c12. The second-order valence-corrected chi connectivity index (χ2v) is 7.98. The molecule has 0 aliphatic heterocycles. The first-order chi connectivity index (χ1) is 15.7. The summed E-state index contributed by atoms with van der Waals surface area (Å²) < 4.78 is 50.2. The summed E-state index contributed by atoms with van der Waals surface area (Å²) in [6.45, 7) is 1.56. The van der Waals surface area contributed by atoms with Crippen molar-refractivity contribution in [1.82, 2.24) is 4.98 Å². The van der Waals surface area contributed by atoms with Gasteiger partial charge in [-0.05, 0) is 55.0 Å². The van der Waals surface area contributed by atoms with Gasteiger partial charge in [0.2, 0.25) is 0 Å². The molecule has 3 aromatic heterocycles. The molecule has 0 fully saturated rings. The predicted molar refractivity (Wildman–Crippen MR) is 115 cm³/mol. The van der Waals surface area contributed by atoms with E-state index in [0.29, 0.717) is 22.5 Å². The Morgan fingerprint density at radius 1 is 1.21 bits per heavy atom. The molecule has 0 aliphatic carbocycles. The van der Waals surface area contributed by atoms with Crippen LogP contribution in [0.3, 0.4) is 0 Å². The third-order valence-corrected chi connectivity index (χ3v) is 5.74. The Labute approximate surface area is 189 Å². The van der Waals surface area contributed by atoms with Crippen LogP contribution in [0.4, 0.5) is 18.9 Å². The maximum absolute atomic E-state index is 13.1. The Morgan fingerprint density at radius 2 is 1.94 bits per heavy atom. The zero-order chi connectivity index (χ0) is 23.7. The fourth-order valence-electron chi connectivity index (χ4n) is 3.15. The monoisotopic (exact) mass is 475 g/mol. The van der Waals surface area contributed by atoms with Gasteiger partial charge in [0, 0.05) is 5.39 Å². The fourth-order valence-corrected chi connectivity index (χ4v) is 4.22. The van der Waals surface area contributed by atoms with Crippen LogP contribution in [0.15, 0.2) is 46.9 Å². The van der Waals surface area contributed by atoms with Crippen LogP contribution in [0.2, 0.25) is 0 Å². The number of carbonyl (C=O) groups excluding carboxylic acids is 2. The van der Waals surface area contributed by atoms with Crippen molar-refractivity contribution in [3.63, 3.8) is 0 Å². The highest BCUT2D eigenvalue weighted by Crippen LogP contribution is 2.38. The first-order valence-electron chi connectivity index (χ1n) is 9.53. The number of hydrogen-bond donors (Lipinski definition) is 2. The number of rotatable bonds is 7. The number of furan rings is 1. The quantitative estimate of drug-likeness (QED) is 0.382. The molecule has 2 amide bonds. The number of aromatic nitrogens is 1. The van der Waals surface area contributed by atoms with Gasteiger partial charge in [-0.25, -0.2) is 18.2 Å². The van der Waals surface area contributed by atoms with Gasteiger partial charge in [-0.2, -0.15) is 0 Å². The van der Waals surface area contributed by atoms with E-state index in [9.17, 15) is 22.8 Å². The van der Waals surface area contributed by atoms with Gasteiger partial charge in [0.05, 0.1) is 5.69 Å². The van der Waals surface area contributed by atoms with Crippen LogP contribution in [0.5, 0.6) is 5.75 Å². The molecule has 0 radical (unpaired) electrons. The van der Waals surface area contributed by atoms with Crippen molar-refractivity contribution in [2.45, 2.75) is 20.0 Å². The number of alkyl halides is 2. The van der Waals surface area contributed by atoms with E-state index in [4.69, 9.17) is 14.9 Å². The van der Waals surface area contributed by atoms with E-state index in [0.717, 1.165) is 11.3 Å². The molecular formula is C22H16F3N3O4S. The molecule has 4 rings (SSSR count). The maximum Gasteiger partial charge on any atom is 0.291 e. The van der Waals surface area contributed by atoms with Gasteiger partial charge >= 0.3 is 0 Å². The minimum absolute atomic E-state index is 0.00768. The molecule has 33 heavy (non-hydrogen) atoms. The number of aryl methyl sites for hydroxylation is 1. The molecule has 3 heterocycles. The van der Waals surface area contributed by atoms with E-state index < -0.39 is 29.8 Å². The number of nitrogens with one attached hydrogen (secondary N) is 1. The van der Waals surface area contributed by atoms with E-state index in [1.54, 1.807) is 6.92 Å². The molecule has 0 saturated carbocycles. The summed E-state index contributed by atoms with van der Waals surface area (Å²) in [5, 5.41) is 2.93. The molecule has 0 spiro atoms. The lowest BCUT2D eigenvalue weighted by atomic mass is 10.1. The number of amides is 2. The summed E-state index contributed by atoms with van der Waals surface area (Å²) in [5.41, 5.74) is 5.48. The van der Waals surface area contributed by atoms with Crippen molar-refractivity contribution in [3.8, 4) is 5.75 Å². The Balaban J connectivity index is 1.57. The standard InChI is InChI=1S/C22H16F3N3O4S/c1-10-8-14(19(24)25)27-22-16(10)17(18(33-22)20(26)29)28-21(30)15-7-6-13(32-15)9-31-12-4-2-11(23)3-5-12/h2-8,19H,9H2,1H3,(H2,26,29)(H,28,30). The first kappa shape index (κ1) is 22.3. The number of pyridine rings is 1. The smallest absolute Gasteiger partial charge is 0.291 e. The molecule has 3 N–H and O–H groups in total. The fraction of sp³-hybridized carbons (Fsp3) is 0.136. The molecule has 0 aliphatic rings. The summed E-state index contributed by atoms with van der Waals surface area (Å²) >= 11 is 0.816. The lowest BCUT2D eigenvalue weighted by Crippen LogP contribution is -2.16. The molecule has 0 saturated heterocycles. The number of primary amides is 1. The molecule has 4 aromatic rings. The number of thiophene rings is 1. The minimum Gasteiger partial charge on any atom is -0.486 e. The maximum atomic E-state index is 13.1. The van der Waals surface area contributed by atoms with Gasteiger partial charge in [-0.15, -0.1) is 11.3 Å². The van der Waals surface area contributed by atoms with E-state index >= 15 is 0 Å². The van der Waals surface area contributed by atoms with E-state index in [2.05, 4.69) is 10.3 Å². The molecular weight excluding hydrogens is 459 g/mol. The topological polar surface area (TPSA) is 107 Å². The summed E-state index contributed by atoms with van der Waals surface area (Å²) in [6.07, 6.45) is -2.79. The summed E-state index contributed by atoms with van der Waals surface area (Å²) in [4.78, 5) is 28.7. The van der Waals surface area contributed by atoms with Crippen molar-refractivity contribution < 1.29 is 31.9 Å². The number of halogens is 3. The van der Waals surface area contributed by atoms with Gasteiger partial charge in [0.25, 0.3) is 18.2 Å². The van der Waals surface area contributed by atoms with Crippen molar-refractivity contribution in [2.75, 3.05) is 5.32 Å². The van der Waals surface area contributed by atoms with Crippen molar-refractivity contribution >= 4 is 39.1 Å². The number of ether oxygens (including phenoxy) is 1. The van der Waals surface area contributed by atoms with Crippen LogP contribution in [0, 0.1) is 12.7 Å². The first-order valence-corrected chi connectivity index (χ1v) is 10.3. The molecule has 11 heteroatoms. The number of nitrogens with zero attached hydrogens (tertiary/aromatic N) is 1. The molecule has 0 bridgehead atoms. The molecule has 0 unspecified atom stereocenters. The lowest BCUT2D eigenvalue weighted by molar-refractivity contribution is 0.0992. The van der Waals surface area contributed by atoms with Crippen LogP contribution in [-0.4, -0.2) is 16.8 Å². The predicted octanol–water partition coefficient (Wildman–Crippen LogP) is 5.20. The number of fused-ring (bicyclic) bond motifs is 1. The zero-order valence-electron chi connectivity index (χ0n) is 17.0. The highest BCUT2D eigenvalue weighted by atomic mass is 32.1. The molecule has 170 valence electrons. The summed E-state index contributed by atoms with van der Waals surface area (Å²) in [5.74, 6) is -1.24. The van der Waals surface area contributed by atoms with E-state index in [1.807, 2.05) is 0 Å². The van der Waals surface area contributed by atoms with E-state index in [1.165, 1.54) is 42.5 Å². The van der Waals surface area contributed by atoms with Crippen LogP contribution in [0.1, 0.15) is 43.7 Å². The van der Waals surface area contributed by atoms with Gasteiger partial charge in [0.1, 0.15) is 39.3 Å². The van der Waals surface area contributed by atoms with Gasteiger partial charge in [-0.3, -0.25) is 9.59 Å². The molecule has 7 nitrogen and oxygen atoms in total. The zero-order valence-corrected chi connectivity index (χ0v) is 17.8. The third-order valence-electron chi connectivity index (χ3n) is 4.65. The second kappa shape index (κ2) is 8.94. The largest absolute Gasteiger partial charge is 0.486 e. The third kappa shape index (κ3) is 4.67. The number of benzene rings is 1. The number of anilines is 1. The summed E-state index contributed by atoms with van der Waals surface area (Å²) in [6, 6.07) is 9.54. The normalized spacial score (nSPS) is 11.2. The number of hydrogen-bond acceptors (Lipinski definition) is 6. The van der Waals surface area contributed by atoms with Crippen molar-refractivity contribution in [1.29, 1.82) is 0 Å². The van der Waals surface area contributed by atoms with Crippen molar-refractivity contribution in [2.24, 2.45) is 5.73 Å². The van der Waals surface area contributed by atoms with Crippen LogP contribution < -0.4 is 15.8 Å². The summed E-state index contributed by atoms with van der Waals surface area (Å²) in [7, 11) is 0. The molecule has 0 atom stereocenters. The highest BCUT2D eigenvalue weighted by Gasteiger charge is 2.24. The highest BCUT2D eigenvalue weighted by molar-refractivity contribution is 7.21. The van der Waals surface area contributed by atoms with Gasteiger partial charge in [-0.1, -0.05) is 0 Å². The molecule has 1 aromatic carbocycles. The average molecular weight is 475 g/mol. The van der Waals surface area contributed by atoms with E-state index in [-0.39, 0.29) is 27.8 Å². The van der Waals surface area contributed by atoms with Crippen LogP contribution in [-0.2, 0) is 6.61 Å². The average Bonchev–Trinajstić information content (AvgIpc) is 3.38.